The van der Waals surface area contributed by atoms with E-state index in [0.717, 1.165) is 11.8 Å². The molecule has 0 saturated carbocycles. The van der Waals surface area contributed by atoms with Crippen molar-refractivity contribution in [3.8, 4) is 0 Å². The van der Waals surface area contributed by atoms with Gasteiger partial charge in [-0.15, -0.1) is 0 Å². The van der Waals surface area contributed by atoms with Gasteiger partial charge in [0.2, 0.25) is 0 Å². The van der Waals surface area contributed by atoms with Crippen LogP contribution in [0, 0.1) is 0 Å². The second-order valence-electron chi connectivity index (χ2n) is 5.68. The van der Waals surface area contributed by atoms with Crippen molar-refractivity contribution in [3.05, 3.63) is 35.4 Å². The molecule has 0 unspecified atom stereocenters. The Labute approximate surface area is 124 Å². The average molecular weight is 291 g/mol. The Hall–Kier alpha value is -2.17. The molecule has 1 N–H and O–H groups in total. The zero-order valence-electron chi connectivity index (χ0n) is 12.6. The minimum absolute atomic E-state index is 0.0245. The lowest BCUT2D eigenvalue weighted by Gasteiger charge is -2.22. The molecule has 0 atom stereocenters. The first kappa shape index (κ1) is 16.9. The summed E-state index contributed by atoms with van der Waals surface area (Å²) in [6.07, 6.45) is 1.01. The number of carbonyl (C=O) groups is 2. The highest BCUT2D eigenvalue weighted by Crippen LogP contribution is 2.12. The van der Waals surface area contributed by atoms with Crippen LogP contribution >= 0.6 is 0 Å². The fraction of sp³-hybridized carbons (Fsp3) is 0.438. The number of carbonyl (C=O) groups excluding carboxylic acids is 1. The third kappa shape index (κ3) is 7.25. The van der Waals surface area contributed by atoms with Gasteiger partial charge in [0.1, 0.15) is 11.9 Å². The second-order valence-corrected chi connectivity index (χ2v) is 5.68. The van der Waals surface area contributed by atoms with Crippen LogP contribution in [0.3, 0.4) is 0 Å². The molecule has 1 aromatic carbocycles. The largest absolute Gasteiger partial charge is 0.481 e. The summed E-state index contributed by atoms with van der Waals surface area (Å²) in [5.74, 6) is -0.468. The maximum atomic E-state index is 10.7. The topological polar surface area (TPSA) is 76.0 Å². The van der Waals surface area contributed by atoms with Gasteiger partial charge >= 0.3 is 5.97 Å². The molecule has 1 rings (SSSR count). The van der Waals surface area contributed by atoms with E-state index in [0.29, 0.717) is 18.0 Å². The summed E-state index contributed by atoms with van der Waals surface area (Å²) in [5, 5.41) is 8.76. The van der Waals surface area contributed by atoms with Crippen LogP contribution in [0.25, 0.3) is 0 Å². The normalized spacial score (nSPS) is 12.0. The summed E-state index contributed by atoms with van der Waals surface area (Å²) >= 11 is 0. The van der Waals surface area contributed by atoms with E-state index in [1.165, 1.54) is 0 Å². The lowest BCUT2D eigenvalue weighted by atomic mass is 10.1. The van der Waals surface area contributed by atoms with E-state index in [1.54, 1.807) is 18.2 Å². The van der Waals surface area contributed by atoms with Crippen LogP contribution in [0.15, 0.2) is 29.3 Å². The fourth-order valence-corrected chi connectivity index (χ4v) is 1.67. The molecule has 0 spiro atoms. The Morgan fingerprint density at radius 2 is 2.05 bits per heavy atom. The van der Waals surface area contributed by atoms with Crippen molar-refractivity contribution >= 4 is 18.2 Å². The number of carboxylic acid groups (broad SMARTS) is 1. The van der Waals surface area contributed by atoms with Crippen molar-refractivity contribution in [2.24, 2.45) is 4.99 Å². The number of aliphatic carboxylic acids is 1. The van der Waals surface area contributed by atoms with E-state index in [1.807, 2.05) is 26.8 Å². The van der Waals surface area contributed by atoms with E-state index in [9.17, 15) is 9.59 Å². The molecule has 0 aliphatic heterocycles. The van der Waals surface area contributed by atoms with Crippen molar-refractivity contribution in [1.29, 1.82) is 0 Å². The van der Waals surface area contributed by atoms with Crippen molar-refractivity contribution in [3.63, 3.8) is 0 Å². The van der Waals surface area contributed by atoms with Gasteiger partial charge in [0.05, 0.1) is 13.0 Å². The van der Waals surface area contributed by atoms with Crippen LogP contribution in [-0.2, 0) is 16.1 Å². The number of ether oxygens (including phenoxy) is 1. The molecule has 0 fully saturated rings. The van der Waals surface area contributed by atoms with Crippen molar-refractivity contribution in [2.75, 3.05) is 0 Å². The van der Waals surface area contributed by atoms with E-state index < -0.39 is 11.6 Å². The minimum Gasteiger partial charge on any atom is -0.481 e. The van der Waals surface area contributed by atoms with Crippen molar-refractivity contribution < 1.29 is 19.4 Å². The molecule has 0 saturated heterocycles. The van der Waals surface area contributed by atoms with Gasteiger partial charge in [0.15, 0.2) is 5.90 Å². The summed E-state index contributed by atoms with van der Waals surface area (Å²) in [7, 11) is 0. The molecule has 0 bridgehead atoms. The molecule has 0 amide bonds. The van der Waals surface area contributed by atoms with E-state index in [2.05, 4.69) is 4.99 Å². The molecule has 0 aliphatic carbocycles. The Morgan fingerprint density at radius 1 is 1.33 bits per heavy atom. The van der Waals surface area contributed by atoms with Gasteiger partial charge in [-0.2, -0.15) is 0 Å². The average Bonchev–Trinajstić information content (AvgIpc) is 2.40. The number of nitrogens with zero attached hydrogens (tertiary/aromatic N) is 1. The molecule has 0 aliphatic rings. The number of benzene rings is 1. The van der Waals surface area contributed by atoms with Crippen LogP contribution in [0.1, 0.15) is 49.5 Å². The van der Waals surface area contributed by atoms with Crippen LogP contribution in [0.5, 0.6) is 0 Å². The van der Waals surface area contributed by atoms with Gasteiger partial charge in [-0.25, -0.2) is 0 Å². The third-order valence-corrected chi connectivity index (χ3v) is 2.50. The fourth-order valence-electron chi connectivity index (χ4n) is 1.67. The monoisotopic (exact) mass is 291 g/mol. The Kier molecular flexibility index (Phi) is 6.09. The van der Waals surface area contributed by atoms with Gasteiger partial charge in [0.25, 0.3) is 0 Å². The first-order chi connectivity index (χ1) is 9.80. The van der Waals surface area contributed by atoms with Crippen LogP contribution in [-0.4, -0.2) is 28.9 Å². The first-order valence-corrected chi connectivity index (χ1v) is 6.78. The maximum absolute atomic E-state index is 10.7. The molecule has 0 heterocycles. The van der Waals surface area contributed by atoms with Crippen LogP contribution in [0.2, 0.25) is 0 Å². The molecule has 5 heteroatoms. The SMILES string of the molecule is CC(C)(C)OC(CCC(=O)O)=NCc1cccc(C=O)c1. The van der Waals surface area contributed by atoms with E-state index >= 15 is 0 Å². The highest BCUT2D eigenvalue weighted by molar-refractivity contribution is 5.81. The molecule has 21 heavy (non-hydrogen) atoms. The Balaban J connectivity index is 2.80. The quantitative estimate of drug-likeness (QED) is 0.496. The van der Waals surface area contributed by atoms with E-state index in [-0.39, 0.29) is 12.8 Å². The molecule has 0 aromatic heterocycles. The third-order valence-electron chi connectivity index (χ3n) is 2.50. The summed E-state index contributed by atoms with van der Waals surface area (Å²) < 4.78 is 5.68. The molecule has 1 aromatic rings. The number of rotatable bonds is 6. The highest BCUT2D eigenvalue weighted by Gasteiger charge is 2.15. The predicted octanol–water partition coefficient (Wildman–Crippen LogP) is 3.08. The maximum Gasteiger partial charge on any atom is 0.303 e. The molecule has 0 radical (unpaired) electrons. The standard InChI is InChI=1S/C16H21NO4/c1-16(2,3)21-14(7-8-15(19)20)17-10-12-5-4-6-13(9-12)11-18/h4-6,9,11H,7-8,10H2,1-3H3,(H,19,20). The first-order valence-electron chi connectivity index (χ1n) is 6.78. The van der Waals surface area contributed by atoms with Gasteiger partial charge < -0.3 is 9.84 Å². The zero-order valence-corrected chi connectivity index (χ0v) is 12.6. The number of carboxylic acids is 1. The minimum atomic E-state index is -0.886. The zero-order chi connectivity index (χ0) is 15.9. The molecular weight excluding hydrogens is 270 g/mol. The number of hydrogen-bond acceptors (Lipinski definition) is 4. The van der Waals surface area contributed by atoms with Crippen LogP contribution < -0.4 is 0 Å². The molecule has 114 valence electrons. The van der Waals surface area contributed by atoms with E-state index in [4.69, 9.17) is 9.84 Å². The van der Waals surface area contributed by atoms with Crippen molar-refractivity contribution in [1.82, 2.24) is 0 Å². The van der Waals surface area contributed by atoms with Gasteiger partial charge in [0, 0.05) is 12.0 Å². The van der Waals surface area contributed by atoms with Crippen molar-refractivity contribution in [2.45, 2.75) is 45.8 Å². The molecule has 5 nitrogen and oxygen atoms in total. The lowest BCUT2D eigenvalue weighted by molar-refractivity contribution is -0.136. The second kappa shape index (κ2) is 7.57. The van der Waals surface area contributed by atoms with Gasteiger partial charge in [-0.3, -0.25) is 14.6 Å². The number of hydrogen-bond donors (Lipinski definition) is 1. The van der Waals surface area contributed by atoms with Gasteiger partial charge in [-0.05, 0) is 32.4 Å². The summed E-state index contributed by atoms with van der Waals surface area (Å²) in [6.45, 7) is 6.01. The number of aliphatic imine (C=N–C) groups is 1. The smallest absolute Gasteiger partial charge is 0.303 e. The van der Waals surface area contributed by atoms with Crippen LogP contribution in [0.4, 0.5) is 0 Å². The Morgan fingerprint density at radius 3 is 2.62 bits per heavy atom. The Bertz CT molecular complexity index is 529. The summed E-state index contributed by atoms with van der Waals surface area (Å²) in [4.78, 5) is 25.8. The number of aldehydes is 1. The lowest BCUT2D eigenvalue weighted by Crippen LogP contribution is -2.24. The van der Waals surface area contributed by atoms with Gasteiger partial charge in [-0.1, -0.05) is 18.2 Å². The summed E-state index contributed by atoms with van der Waals surface area (Å²) in [5.41, 5.74) is 1.04. The highest BCUT2D eigenvalue weighted by atomic mass is 16.5. The molecular formula is C16H21NO4. The predicted molar refractivity (Wildman–Crippen MR) is 80.7 cm³/mol. The summed E-state index contributed by atoms with van der Waals surface area (Å²) in [6, 6.07) is 7.12.